The number of carbonyl (C=O) groups is 3. The quantitative estimate of drug-likeness (QED) is 0.401. The lowest BCUT2D eigenvalue weighted by atomic mass is 10.1. The van der Waals surface area contributed by atoms with Crippen LogP contribution in [0.4, 0.5) is 10.5 Å². The van der Waals surface area contributed by atoms with E-state index in [1.165, 1.54) is 11.1 Å². The third-order valence-corrected chi connectivity index (χ3v) is 6.30. The molecule has 0 spiro atoms. The summed E-state index contributed by atoms with van der Waals surface area (Å²) in [6.07, 6.45) is 2.58. The number of aryl methyl sites for hydroxylation is 4. The van der Waals surface area contributed by atoms with E-state index >= 15 is 0 Å². The van der Waals surface area contributed by atoms with Crippen LogP contribution in [-0.4, -0.2) is 33.9 Å². The van der Waals surface area contributed by atoms with Crippen LogP contribution in [0.15, 0.2) is 54.2 Å². The number of urea groups is 1. The fourth-order valence-electron chi connectivity index (χ4n) is 4.45. The summed E-state index contributed by atoms with van der Waals surface area (Å²) in [5.74, 6) is -0.965. The third kappa shape index (κ3) is 4.75. The molecule has 1 saturated heterocycles. The predicted octanol–water partition coefficient (Wildman–Crippen LogP) is 4.80. The number of rotatable bonds is 6. The standard InChI is InChI=1S/C28H30N4O3/c1-6-21-9-7-8-18(3)26(21)32-19(4)14-22(20(32)5)15-24-27(34)31(28(35)30-24)16-25(33)29-23-12-10-17(2)11-13-23/h7-15H,6,16H2,1-5H3,(H,29,33)(H,30,35)/b24-15-. The average molecular weight is 471 g/mol. The number of nitrogens with one attached hydrogen (secondary N) is 2. The van der Waals surface area contributed by atoms with E-state index < -0.39 is 17.8 Å². The summed E-state index contributed by atoms with van der Waals surface area (Å²) < 4.78 is 2.19. The number of nitrogens with zero attached hydrogens (tertiary/aromatic N) is 2. The normalized spacial score (nSPS) is 14.5. The molecule has 7 nitrogen and oxygen atoms in total. The molecule has 0 unspecified atom stereocenters. The van der Waals surface area contributed by atoms with Gasteiger partial charge in [0.2, 0.25) is 5.91 Å². The highest BCUT2D eigenvalue weighted by atomic mass is 16.2. The van der Waals surface area contributed by atoms with Gasteiger partial charge in [0.15, 0.2) is 0 Å². The summed E-state index contributed by atoms with van der Waals surface area (Å²) in [5, 5.41) is 5.34. The Morgan fingerprint density at radius 2 is 1.74 bits per heavy atom. The van der Waals surface area contributed by atoms with Gasteiger partial charge in [-0.3, -0.25) is 9.59 Å². The van der Waals surface area contributed by atoms with E-state index in [0.717, 1.165) is 39.5 Å². The van der Waals surface area contributed by atoms with Gasteiger partial charge in [-0.2, -0.15) is 0 Å². The van der Waals surface area contributed by atoms with Gasteiger partial charge < -0.3 is 15.2 Å². The molecular formula is C28H30N4O3. The van der Waals surface area contributed by atoms with E-state index in [9.17, 15) is 14.4 Å². The number of carbonyl (C=O) groups excluding carboxylic acids is 3. The Labute approximate surface area is 205 Å². The molecule has 0 saturated carbocycles. The minimum Gasteiger partial charge on any atom is -0.325 e. The number of amides is 4. The summed E-state index contributed by atoms with van der Waals surface area (Å²) in [6, 6.07) is 15.0. The van der Waals surface area contributed by atoms with E-state index in [4.69, 9.17) is 0 Å². The van der Waals surface area contributed by atoms with Gasteiger partial charge in [0.1, 0.15) is 12.2 Å². The highest BCUT2D eigenvalue weighted by Gasteiger charge is 2.35. The first kappa shape index (κ1) is 24.0. The van der Waals surface area contributed by atoms with Crippen molar-refractivity contribution in [2.75, 3.05) is 11.9 Å². The zero-order valence-electron chi connectivity index (χ0n) is 20.7. The molecule has 2 aromatic carbocycles. The molecule has 0 aliphatic carbocycles. The van der Waals surface area contributed by atoms with Crippen LogP contribution in [0.2, 0.25) is 0 Å². The second kappa shape index (κ2) is 9.62. The number of anilines is 1. The topological polar surface area (TPSA) is 83.4 Å². The van der Waals surface area contributed by atoms with E-state index in [1.807, 2.05) is 39.0 Å². The molecule has 0 atom stereocenters. The second-order valence-electron chi connectivity index (χ2n) is 8.89. The SMILES string of the molecule is CCc1cccc(C)c1-n1c(C)cc(/C=C2\NC(=O)N(CC(=O)Nc3ccc(C)cc3)C2=O)c1C. The van der Waals surface area contributed by atoms with Gasteiger partial charge in [0, 0.05) is 17.1 Å². The van der Waals surface area contributed by atoms with Gasteiger partial charge in [-0.15, -0.1) is 0 Å². The number of para-hydroxylation sites is 1. The van der Waals surface area contributed by atoms with Crippen molar-refractivity contribution in [3.8, 4) is 5.69 Å². The highest BCUT2D eigenvalue weighted by molar-refractivity contribution is 6.16. The molecule has 180 valence electrons. The van der Waals surface area contributed by atoms with Crippen LogP contribution in [0.1, 0.15) is 40.6 Å². The van der Waals surface area contributed by atoms with Gasteiger partial charge in [0.25, 0.3) is 5.91 Å². The van der Waals surface area contributed by atoms with Crippen molar-refractivity contribution in [3.63, 3.8) is 0 Å². The van der Waals surface area contributed by atoms with Crippen LogP contribution in [-0.2, 0) is 16.0 Å². The zero-order chi connectivity index (χ0) is 25.3. The molecule has 1 aromatic heterocycles. The molecule has 0 radical (unpaired) electrons. The Kier molecular flexibility index (Phi) is 6.60. The highest BCUT2D eigenvalue weighted by Crippen LogP contribution is 2.28. The van der Waals surface area contributed by atoms with Crippen molar-refractivity contribution in [3.05, 3.63) is 87.9 Å². The summed E-state index contributed by atoms with van der Waals surface area (Å²) in [6.45, 7) is 9.83. The fraction of sp³-hybridized carbons (Fsp3) is 0.250. The van der Waals surface area contributed by atoms with E-state index in [0.29, 0.717) is 5.69 Å². The first-order chi connectivity index (χ1) is 16.7. The van der Waals surface area contributed by atoms with Crippen LogP contribution in [0.3, 0.4) is 0 Å². The first-order valence-corrected chi connectivity index (χ1v) is 11.7. The predicted molar refractivity (Wildman–Crippen MR) is 137 cm³/mol. The smallest absolute Gasteiger partial charge is 0.325 e. The number of imide groups is 1. The molecule has 4 amide bonds. The van der Waals surface area contributed by atoms with Crippen molar-refractivity contribution in [1.29, 1.82) is 0 Å². The molecule has 1 fully saturated rings. The number of benzene rings is 2. The monoisotopic (exact) mass is 470 g/mol. The van der Waals surface area contributed by atoms with Crippen molar-refractivity contribution >= 4 is 29.6 Å². The molecule has 1 aliphatic rings. The minimum atomic E-state index is -0.610. The van der Waals surface area contributed by atoms with E-state index in [2.05, 4.69) is 47.2 Å². The van der Waals surface area contributed by atoms with Crippen molar-refractivity contribution in [1.82, 2.24) is 14.8 Å². The Morgan fingerprint density at radius 3 is 2.43 bits per heavy atom. The van der Waals surface area contributed by atoms with Crippen LogP contribution < -0.4 is 10.6 Å². The van der Waals surface area contributed by atoms with Crippen LogP contribution in [0.25, 0.3) is 11.8 Å². The Morgan fingerprint density at radius 1 is 1.03 bits per heavy atom. The Bertz CT molecular complexity index is 1350. The third-order valence-electron chi connectivity index (χ3n) is 6.30. The number of hydrogen-bond acceptors (Lipinski definition) is 3. The van der Waals surface area contributed by atoms with Crippen molar-refractivity contribution in [2.45, 2.75) is 41.0 Å². The molecule has 2 N–H and O–H groups in total. The largest absolute Gasteiger partial charge is 0.329 e. The second-order valence-corrected chi connectivity index (χ2v) is 8.89. The van der Waals surface area contributed by atoms with Crippen molar-refractivity contribution in [2.24, 2.45) is 0 Å². The van der Waals surface area contributed by atoms with E-state index in [-0.39, 0.29) is 12.2 Å². The van der Waals surface area contributed by atoms with Crippen LogP contribution in [0.5, 0.6) is 0 Å². The minimum absolute atomic E-state index is 0.152. The number of aromatic nitrogens is 1. The zero-order valence-corrected chi connectivity index (χ0v) is 20.7. The fourth-order valence-corrected chi connectivity index (χ4v) is 4.45. The summed E-state index contributed by atoms with van der Waals surface area (Å²) in [5.41, 5.74) is 8.22. The number of hydrogen-bond donors (Lipinski definition) is 2. The van der Waals surface area contributed by atoms with Crippen LogP contribution in [0, 0.1) is 27.7 Å². The lowest BCUT2D eigenvalue weighted by Gasteiger charge is -2.17. The molecule has 2 heterocycles. The van der Waals surface area contributed by atoms with E-state index in [1.54, 1.807) is 18.2 Å². The van der Waals surface area contributed by atoms with Crippen molar-refractivity contribution < 1.29 is 14.4 Å². The average Bonchev–Trinajstić information content (AvgIpc) is 3.24. The molecule has 0 bridgehead atoms. The van der Waals surface area contributed by atoms with Crippen LogP contribution >= 0.6 is 0 Å². The summed E-state index contributed by atoms with van der Waals surface area (Å²) >= 11 is 0. The first-order valence-electron chi connectivity index (χ1n) is 11.7. The Balaban J connectivity index is 1.57. The molecule has 7 heteroatoms. The molecular weight excluding hydrogens is 440 g/mol. The van der Waals surface area contributed by atoms with Gasteiger partial charge in [-0.1, -0.05) is 42.8 Å². The molecule has 35 heavy (non-hydrogen) atoms. The molecule has 1 aliphatic heterocycles. The Hall–Kier alpha value is -4.13. The van der Waals surface area contributed by atoms with Gasteiger partial charge in [0.05, 0.1) is 5.69 Å². The maximum Gasteiger partial charge on any atom is 0.329 e. The summed E-state index contributed by atoms with van der Waals surface area (Å²) in [4.78, 5) is 38.8. The lowest BCUT2D eigenvalue weighted by molar-refractivity contribution is -0.127. The maximum absolute atomic E-state index is 13.0. The van der Waals surface area contributed by atoms with Gasteiger partial charge in [-0.05, 0) is 75.1 Å². The van der Waals surface area contributed by atoms with Gasteiger partial charge >= 0.3 is 6.03 Å². The summed E-state index contributed by atoms with van der Waals surface area (Å²) in [7, 11) is 0. The lowest BCUT2D eigenvalue weighted by Crippen LogP contribution is -2.38. The molecule has 4 rings (SSSR count). The maximum atomic E-state index is 13.0. The molecule has 3 aromatic rings. The van der Waals surface area contributed by atoms with Gasteiger partial charge in [-0.25, -0.2) is 9.69 Å².